The normalized spacial score (nSPS) is 25.1. The molecule has 0 heterocycles. The van der Waals surface area contributed by atoms with Crippen molar-refractivity contribution < 1.29 is 14.7 Å². The van der Waals surface area contributed by atoms with E-state index in [1.807, 2.05) is 0 Å². The molecular formula is C11H14Cl2O3. The number of halogens is 2. The number of aliphatic hydroxyl groups excluding tert-OH is 1. The SMILES string of the molecule is CC1CC(C)(C)C(O)=C(C(=O)C(Cl)Cl)C1=O. The minimum absolute atomic E-state index is 0.202. The average molecular weight is 265 g/mol. The molecule has 1 N–H and O–H groups in total. The van der Waals surface area contributed by atoms with Crippen LogP contribution in [0.15, 0.2) is 11.3 Å². The molecule has 0 aliphatic heterocycles. The van der Waals surface area contributed by atoms with Crippen LogP contribution >= 0.6 is 23.2 Å². The van der Waals surface area contributed by atoms with Gasteiger partial charge in [0.05, 0.1) is 0 Å². The maximum atomic E-state index is 11.8. The molecule has 0 amide bonds. The molecule has 0 spiro atoms. The number of carbonyl (C=O) groups excluding carboxylic acids is 2. The summed E-state index contributed by atoms with van der Waals surface area (Å²) in [6, 6.07) is 0. The molecule has 5 heteroatoms. The van der Waals surface area contributed by atoms with E-state index in [1.165, 1.54) is 0 Å². The number of alkyl halides is 2. The van der Waals surface area contributed by atoms with Crippen LogP contribution in [0.25, 0.3) is 0 Å². The Morgan fingerprint density at radius 2 is 2.00 bits per heavy atom. The number of ketones is 2. The standard InChI is InChI=1S/C11H14Cl2O3/c1-5-4-11(2,3)9(16)6(7(5)14)8(15)10(12)13/h5,10,16H,4H2,1-3H3. The third-order valence-electron chi connectivity index (χ3n) is 2.83. The fourth-order valence-corrected chi connectivity index (χ4v) is 2.22. The number of rotatable bonds is 2. The van der Waals surface area contributed by atoms with E-state index in [1.54, 1.807) is 20.8 Å². The monoisotopic (exact) mass is 264 g/mol. The zero-order valence-corrected chi connectivity index (χ0v) is 10.9. The molecule has 0 saturated heterocycles. The van der Waals surface area contributed by atoms with Crippen LogP contribution in [0.2, 0.25) is 0 Å². The minimum atomic E-state index is -1.32. The summed E-state index contributed by atoms with van der Waals surface area (Å²) in [5.41, 5.74) is -0.834. The van der Waals surface area contributed by atoms with Crippen molar-refractivity contribution in [2.75, 3.05) is 0 Å². The topological polar surface area (TPSA) is 54.4 Å². The van der Waals surface area contributed by atoms with Crippen LogP contribution < -0.4 is 0 Å². The van der Waals surface area contributed by atoms with Gasteiger partial charge in [-0.3, -0.25) is 9.59 Å². The van der Waals surface area contributed by atoms with Crippen LogP contribution in [0.5, 0.6) is 0 Å². The molecule has 1 rings (SSSR count). The predicted molar refractivity (Wildman–Crippen MR) is 62.7 cm³/mol. The first-order chi connectivity index (χ1) is 7.18. The van der Waals surface area contributed by atoms with Crippen molar-refractivity contribution in [3.8, 4) is 0 Å². The lowest BCUT2D eigenvalue weighted by molar-refractivity contribution is -0.125. The summed E-state index contributed by atoms with van der Waals surface area (Å²) in [6.07, 6.45) is 0.504. The summed E-state index contributed by atoms with van der Waals surface area (Å²) < 4.78 is 0. The molecular weight excluding hydrogens is 251 g/mol. The van der Waals surface area contributed by atoms with Gasteiger partial charge in [0.15, 0.2) is 10.6 Å². The number of allylic oxidation sites excluding steroid dienone is 2. The smallest absolute Gasteiger partial charge is 0.202 e. The zero-order chi connectivity index (χ0) is 12.7. The summed E-state index contributed by atoms with van der Waals surface area (Å²) in [5, 5.41) is 9.92. The van der Waals surface area contributed by atoms with E-state index in [-0.39, 0.29) is 23.0 Å². The largest absolute Gasteiger partial charge is 0.511 e. The lowest BCUT2D eigenvalue weighted by Gasteiger charge is -2.33. The lowest BCUT2D eigenvalue weighted by atomic mass is 9.71. The Labute approximate surface area is 104 Å². The summed E-state index contributed by atoms with van der Waals surface area (Å²) in [5.74, 6) is -1.61. The molecule has 3 nitrogen and oxygen atoms in total. The van der Waals surface area contributed by atoms with Gasteiger partial charge in [0.2, 0.25) is 5.78 Å². The van der Waals surface area contributed by atoms with Crippen LogP contribution in [-0.4, -0.2) is 21.5 Å². The molecule has 0 aromatic heterocycles. The van der Waals surface area contributed by atoms with E-state index in [9.17, 15) is 14.7 Å². The second kappa shape index (κ2) is 4.38. The van der Waals surface area contributed by atoms with Gasteiger partial charge in [-0.1, -0.05) is 44.0 Å². The fraction of sp³-hybridized carbons (Fsp3) is 0.636. The van der Waals surface area contributed by atoms with E-state index in [0.717, 1.165) is 0 Å². The van der Waals surface area contributed by atoms with Crippen molar-refractivity contribution >= 4 is 34.8 Å². The number of carbonyl (C=O) groups is 2. The molecule has 90 valence electrons. The van der Waals surface area contributed by atoms with Crippen LogP contribution in [0.1, 0.15) is 27.2 Å². The Morgan fingerprint density at radius 1 is 1.50 bits per heavy atom. The summed E-state index contributed by atoms with van der Waals surface area (Å²) in [7, 11) is 0. The Hall–Kier alpha value is -0.540. The number of Topliss-reactive ketones (excluding diaryl/α,β-unsaturated/α-hetero) is 2. The minimum Gasteiger partial charge on any atom is -0.511 e. The highest BCUT2D eigenvalue weighted by Crippen LogP contribution is 2.40. The van der Waals surface area contributed by atoms with Gasteiger partial charge in [-0.05, 0) is 6.42 Å². The van der Waals surface area contributed by atoms with E-state index in [0.29, 0.717) is 6.42 Å². The van der Waals surface area contributed by atoms with Gasteiger partial charge in [-0.25, -0.2) is 0 Å². The molecule has 1 unspecified atom stereocenters. The Balaban J connectivity index is 3.30. The van der Waals surface area contributed by atoms with E-state index >= 15 is 0 Å². The summed E-state index contributed by atoms with van der Waals surface area (Å²) in [4.78, 5) is 22.1. The van der Waals surface area contributed by atoms with Gasteiger partial charge >= 0.3 is 0 Å². The van der Waals surface area contributed by atoms with Gasteiger partial charge in [-0.15, -0.1) is 0 Å². The molecule has 1 atom stereocenters. The quantitative estimate of drug-likeness (QED) is 0.617. The van der Waals surface area contributed by atoms with E-state index in [4.69, 9.17) is 23.2 Å². The molecule has 0 radical (unpaired) electrons. The van der Waals surface area contributed by atoms with Crippen molar-refractivity contribution in [1.29, 1.82) is 0 Å². The van der Waals surface area contributed by atoms with Crippen molar-refractivity contribution in [2.45, 2.75) is 32.0 Å². The molecule has 16 heavy (non-hydrogen) atoms. The summed E-state index contributed by atoms with van der Waals surface area (Å²) in [6.45, 7) is 5.27. The molecule has 0 aromatic rings. The highest BCUT2D eigenvalue weighted by Gasteiger charge is 2.42. The van der Waals surface area contributed by atoms with Gasteiger partial charge in [-0.2, -0.15) is 0 Å². The van der Waals surface area contributed by atoms with E-state index in [2.05, 4.69) is 0 Å². The first-order valence-electron chi connectivity index (χ1n) is 4.98. The molecule has 1 aliphatic carbocycles. The van der Waals surface area contributed by atoms with Crippen molar-refractivity contribution in [3.63, 3.8) is 0 Å². The molecule has 0 bridgehead atoms. The molecule has 1 aliphatic rings. The molecule has 0 saturated carbocycles. The van der Waals surface area contributed by atoms with Gasteiger partial charge in [0.1, 0.15) is 11.3 Å². The average Bonchev–Trinajstić information content (AvgIpc) is 2.14. The van der Waals surface area contributed by atoms with E-state index < -0.39 is 16.0 Å². The van der Waals surface area contributed by atoms with Gasteiger partial charge in [0, 0.05) is 11.3 Å². The Kier molecular flexibility index (Phi) is 3.70. The Morgan fingerprint density at radius 3 is 2.44 bits per heavy atom. The molecule has 0 fully saturated rings. The van der Waals surface area contributed by atoms with Crippen LogP contribution in [0.4, 0.5) is 0 Å². The fourth-order valence-electron chi connectivity index (χ4n) is 2.00. The van der Waals surface area contributed by atoms with Gasteiger partial charge in [0.25, 0.3) is 0 Å². The number of hydrogen-bond acceptors (Lipinski definition) is 3. The van der Waals surface area contributed by atoms with Crippen LogP contribution in [0, 0.1) is 11.3 Å². The second-order valence-corrected chi connectivity index (χ2v) is 5.84. The van der Waals surface area contributed by atoms with Gasteiger partial charge < -0.3 is 5.11 Å². The second-order valence-electron chi connectivity index (χ2n) is 4.74. The third-order valence-corrected chi connectivity index (χ3v) is 3.23. The zero-order valence-electron chi connectivity index (χ0n) is 9.38. The third kappa shape index (κ3) is 2.25. The Bertz CT molecular complexity index is 369. The first kappa shape index (κ1) is 13.5. The first-order valence-corrected chi connectivity index (χ1v) is 5.86. The highest BCUT2D eigenvalue weighted by molar-refractivity contribution is 6.57. The van der Waals surface area contributed by atoms with Crippen molar-refractivity contribution in [2.24, 2.45) is 11.3 Å². The number of hydrogen-bond donors (Lipinski definition) is 1. The van der Waals surface area contributed by atoms with Crippen LogP contribution in [-0.2, 0) is 9.59 Å². The van der Waals surface area contributed by atoms with Crippen LogP contribution in [0.3, 0.4) is 0 Å². The van der Waals surface area contributed by atoms with Crippen molar-refractivity contribution in [3.05, 3.63) is 11.3 Å². The lowest BCUT2D eigenvalue weighted by Crippen LogP contribution is -2.36. The highest BCUT2D eigenvalue weighted by atomic mass is 35.5. The molecule has 0 aromatic carbocycles. The number of aliphatic hydroxyl groups is 1. The predicted octanol–water partition coefficient (Wildman–Crippen LogP) is 2.81. The summed E-state index contributed by atoms with van der Waals surface area (Å²) >= 11 is 10.9. The maximum absolute atomic E-state index is 11.8. The maximum Gasteiger partial charge on any atom is 0.202 e. The van der Waals surface area contributed by atoms with Crippen molar-refractivity contribution in [1.82, 2.24) is 0 Å².